The first kappa shape index (κ1) is 17.8. The number of nitrogens with one attached hydrogen (secondary N) is 1. The first-order valence-corrected chi connectivity index (χ1v) is 8.25. The summed E-state index contributed by atoms with van der Waals surface area (Å²) in [6, 6.07) is 11.0. The van der Waals surface area contributed by atoms with E-state index >= 15 is 0 Å². The molecule has 0 heterocycles. The van der Waals surface area contributed by atoms with Gasteiger partial charge >= 0.3 is 0 Å². The Kier molecular flexibility index (Phi) is 6.20. The molecule has 0 radical (unpaired) electrons. The van der Waals surface area contributed by atoms with E-state index in [9.17, 15) is 14.0 Å². The predicted molar refractivity (Wildman–Crippen MR) is 92.7 cm³/mol. The fourth-order valence-corrected chi connectivity index (χ4v) is 2.75. The van der Waals surface area contributed by atoms with E-state index in [0.717, 1.165) is 5.56 Å². The molecule has 2 aromatic rings. The number of hydrogen-bond acceptors (Lipinski definition) is 4. The zero-order chi connectivity index (χ0) is 17.5. The fraction of sp³-hybridized carbons (Fsp3) is 0.176. The Morgan fingerprint density at radius 2 is 1.92 bits per heavy atom. The van der Waals surface area contributed by atoms with E-state index < -0.39 is 11.7 Å². The standard InChI is InChI=1S/C17H17FN2O3S/c1-23-15-7-2-11(8-14(15)18)9-24-10-16(21)20-13-5-3-12(4-6-13)17(19)22/h2-8H,9-10H2,1H3,(H2,19,22)(H,20,21). The molecular weight excluding hydrogens is 331 g/mol. The lowest BCUT2D eigenvalue weighted by Crippen LogP contribution is -2.15. The lowest BCUT2D eigenvalue weighted by atomic mass is 10.2. The minimum atomic E-state index is -0.518. The van der Waals surface area contributed by atoms with Gasteiger partial charge in [0.2, 0.25) is 11.8 Å². The maximum atomic E-state index is 13.6. The van der Waals surface area contributed by atoms with Crippen molar-refractivity contribution >= 4 is 29.3 Å². The summed E-state index contributed by atoms with van der Waals surface area (Å²) in [7, 11) is 1.41. The van der Waals surface area contributed by atoms with Gasteiger partial charge in [-0.05, 0) is 42.0 Å². The van der Waals surface area contributed by atoms with E-state index in [2.05, 4.69) is 5.32 Å². The smallest absolute Gasteiger partial charge is 0.248 e. The van der Waals surface area contributed by atoms with Crippen LogP contribution in [0, 0.1) is 5.82 Å². The number of ether oxygens (including phenoxy) is 1. The van der Waals surface area contributed by atoms with Crippen molar-refractivity contribution in [2.75, 3.05) is 18.2 Å². The van der Waals surface area contributed by atoms with Crippen molar-refractivity contribution in [3.63, 3.8) is 0 Å². The Labute approximate surface area is 143 Å². The highest BCUT2D eigenvalue weighted by Crippen LogP contribution is 2.21. The Hall–Kier alpha value is -2.54. The van der Waals surface area contributed by atoms with Crippen LogP contribution in [0.3, 0.4) is 0 Å². The summed E-state index contributed by atoms with van der Waals surface area (Å²) in [6.45, 7) is 0. The van der Waals surface area contributed by atoms with Crippen molar-refractivity contribution in [2.45, 2.75) is 5.75 Å². The normalized spacial score (nSPS) is 10.2. The molecule has 3 N–H and O–H groups in total. The SMILES string of the molecule is COc1ccc(CSCC(=O)Nc2ccc(C(N)=O)cc2)cc1F. The van der Waals surface area contributed by atoms with Gasteiger partial charge in [0.25, 0.3) is 0 Å². The lowest BCUT2D eigenvalue weighted by Gasteiger charge is -2.07. The van der Waals surface area contributed by atoms with Crippen molar-refractivity contribution in [3.05, 3.63) is 59.4 Å². The monoisotopic (exact) mass is 348 g/mol. The second-order valence-electron chi connectivity index (χ2n) is 4.95. The van der Waals surface area contributed by atoms with Crippen LogP contribution in [0.5, 0.6) is 5.75 Å². The molecule has 7 heteroatoms. The number of amides is 2. The predicted octanol–water partition coefficient (Wildman–Crippen LogP) is 2.81. The third-order valence-electron chi connectivity index (χ3n) is 3.17. The van der Waals surface area contributed by atoms with Gasteiger partial charge < -0.3 is 15.8 Å². The Bertz CT molecular complexity index is 735. The summed E-state index contributed by atoms with van der Waals surface area (Å²) < 4.78 is 18.4. The second kappa shape index (κ2) is 8.35. The number of halogens is 1. The average molecular weight is 348 g/mol. The average Bonchev–Trinajstić information content (AvgIpc) is 2.55. The zero-order valence-electron chi connectivity index (χ0n) is 13.0. The highest BCUT2D eigenvalue weighted by Gasteiger charge is 2.07. The molecule has 0 aliphatic carbocycles. The van der Waals surface area contributed by atoms with Crippen LogP contribution < -0.4 is 15.8 Å². The summed E-state index contributed by atoms with van der Waals surface area (Å²) in [6.07, 6.45) is 0. The van der Waals surface area contributed by atoms with Crippen molar-refractivity contribution in [3.8, 4) is 5.75 Å². The molecule has 0 aliphatic rings. The maximum absolute atomic E-state index is 13.6. The minimum Gasteiger partial charge on any atom is -0.494 e. The molecule has 2 amide bonds. The maximum Gasteiger partial charge on any atom is 0.248 e. The van der Waals surface area contributed by atoms with Crippen LogP contribution in [-0.2, 0) is 10.5 Å². The van der Waals surface area contributed by atoms with Gasteiger partial charge in [0.05, 0.1) is 12.9 Å². The highest BCUT2D eigenvalue weighted by atomic mass is 32.2. The molecule has 5 nitrogen and oxygen atoms in total. The van der Waals surface area contributed by atoms with E-state index in [1.807, 2.05) is 0 Å². The Balaban J connectivity index is 1.80. The van der Waals surface area contributed by atoms with Crippen LogP contribution in [0.15, 0.2) is 42.5 Å². The third-order valence-corrected chi connectivity index (χ3v) is 4.18. The van der Waals surface area contributed by atoms with Gasteiger partial charge in [0.1, 0.15) is 0 Å². The third kappa shape index (κ3) is 4.99. The van der Waals surface area contributed by atoms with Crippen LogP contribution in [0.1, 0.15) is 15.9 Å². The first-order chi connectivity index (χ1) is 11.5. The van der Waals surface area contributed by atoms with Crippen LogP contribution in [0.4, 0.5) is 10.1 Å². The van der Waals surface area contributed by atoms with Gasteiger partial charge in [-0.2, -0.15) is 0 Å². The number of rotatable bonds is 7. The van der Waals surface area contributed by atoms with E-state index in [-0.39, 0.29) is 17.4 Å². The van der Waals surface area contributed by atoms with Gasteiger partial charge in [-0.25, -0.2) is 4.39 Å². The zero-order valence-corrected chi connectivity index (χ0v) is 13.9. The molecule has 0 aromatic heterocycles. The quantitative estimate of drug-likeness (QED) is 0.806. The van der Waals surface area contributed by atoms with E-state index in [1.165, 1.54) is 24.9 Å². The summed E-state index contributed by atoms with van der Waals surface area (Å²) in [4.78, 5) is 22.8. The molecule has 2 rings (SSSR count). The molecule has 0 aliphatic heterocycles. The van der Waals surface area contributed by atoms with Crippen LogP contribution in [0.2, 0.25) is 0 Å². The number of benzene rings is 2. The lowest BCUT2D eigenvalue weighted by molar-refractivity contribution is -0.113. The molecule has 0 bridgehead atoms. The molecule has 0 atom stereocenters. The Morgan fingerprint density at radius 1 is 1.21 bits per heavy atom. The summed E-state index contributed by atoms with van der Waals surface area (Å²) in [5.74, 6) is -0.188. The first-order valence-electron chi connectivity index (χ1n) is 7.09. The number of hydrogen-bond donors (Lipinski definition) is 2. The number of primary amides is 1. The van der Waals surface area contributed by atoms with Gasteiger partial charge in [-0.1, -0.05) is 6.07 Å². The van der Waals surface area contributed by atoms with Crippen molar-refractivity contribution in [1.29, 1.82) is 0 Å². The molecule has 0 fully saturated rings. The van der Waals surface area contributed by atoms with E-state index in [0.29, 0.717) is 17.0 Å². The number of nitrogens with two attached hydrogens (primary N) is 1. The van der Waals surface area contributed by atoms with Gasteiger partial charge in [-0.3, -0.25) is 9.59 Å². The van der Waals surface area contributed by atoms with Crippen molar-refractivity contribution in [1.82, 2.24) is 0 Å². The number of carbonyl (C=O) groups is 2. The van der Waals surface area contributed by atoms with Gasteiger partial charge in [-0.15, -0.1) is 11.8 Å². The summed E-state index contributed by atoms with van der Waals surface area (Å²) in [5.41, 5.74) is 6.89. The molecule has 126 valence electrons. The molecule has 2 aromatic carbocycles. The van der Waals surface area contributed by atoms with E-state index in [4.69, 9.17) is 10.5 Å². The minimum absolute atomic E-state index is 0.180. The number of anilines is 1. The second-order valence-corrected chi connectivity index (χ2v) is 5.94. The van der Waals surface area contributed by atoms with Crippen LogP contribution >= 0.6 is 11.8 Å². The molecular formula is C17H17FN2O3S. The van der Waals surface area contributed by atoms with Crippen molar-refractivity contribution < 1.29 is 18.7 Å². The van der Waals surface area contributed by atoms with Crippen LogP contribution in [0.25, 0.3) is 0 Å². The van der Waals surface area contributed by atoms with Crippen LogP contribution in [-0.4, -0.2) is 24.7 Å². The van der Waals surface area contributed by atoms with Gasteiger partial charge in [0, 0.05) is 17.0 Å². The largest absolute Gasteiger partial charge is 0.494 e. The fourth-order valence-electron chi connectivity index (χ4n) is 1.98. The number of thioether (sulfide) groups is 1. The van der Waals surface area contributed by atoms with E-state index in [1.54, 1.807) is 36.4 Å². The molecule has 0 saturated carbocycles. The summed E-state index contributed by atoms with van der Waals surface area (Å²) >= 11 is 1.37. The number of methoxy groups -OCH3 is 1. The summed E-state index contributed by atoms with van der Waals surface area (Å²) in [5, 5.41) is 2.72. The number of carbonyl (C=O) groups excluding carboxylic acids is 2. The van der Waals surface area contributed by atoms with Crippen molar-refractivity contribution in [2.24, 2.45) is 5.73 Å². The molecule has 0 saturated heterocycles. The highest BCUT2D eigenvalue weighted by molar-refractivity contribution is 7.99. The van der Waals surface area contributed by atoms with Gasteiger partial charge in [0.15, 0.2) is 11.6 Å². The topological polar surface area (TPSA) is 81.4 Å². The Morgan fingerprint density at radius 3 is 2.50 bits per heavy atom. The molecule has 0 spiro atoms. The molecule has 24 heavy (non-hydrogen) atoms. The molecule has 0 unspecified atom stereocenters.